The van der Waals surface area contributed by atoms with Crippen molar-refractivity contribution in [2.24, 2.45) is 23.2 Å². The number of para-hydroxylation sites is 1. The number of amides is 1. The Hall–Kier alpha value is -1.58. The van der Waals surface area contributed by atoms with Crippen molar-refractivity contribution in [3.63, 3.8) is 0 Å². The van der Waals surface area contributed by atoms with Crippen LogP contribution in [-0.2, 0) is 4.79 Å². The van der Waals surface area contributed by atoms with E-state index in [2.05, 4.69) is 18.7 Å². The standard InChI is InChI=1S/C22H31FN2O/c1-22(2)17-8-7-16(15-17)18(22)9-10-21(26)25-13-11-24(12-14-25)20-6-4-3-5-19(20)23/h3-6,16-18H,7-15H2,1-2H3. The molecule has 1 heterocycles. The summed E-state index contributed by atoms with van der Waals surface area (Å²) in [7, 11) is 0. The average Bonchev–Trinajstić information content (AvgIpc) is 3.20. The van der Waals surface area contributed by atoms with Crippen LogP contribution in [0.1, 0.15) is 46.0 Å². The van der Waals surface area contributed by atoms with Gasteiger partial charge in [0, 0.05) is 32.6 Å². The van der Waals surface area contributed by atoms with Crippen molar-refractivity contribution in [2.45, 2.75) is 46.0 Å². The molecule has 1 saturated heterocycles. The lowest BCUT2D eigenvalue weighted by molar-refractivity contribution is -0.132. The molecular formula is C22H31FN2O. The van der Waals surface area contributed by atoms with Gasteiger partial charge in [-0.1, -0.05) is 26.0 Å². The fourth-order valence-electron chi connectivity index (χ4n) is 5.92. The van der Waals surface area contributed by atoms with Gasteiger partial charge in [0.1, 0.15) is 5.82 Å². The van der Waals surface area contributed by atoms with Crippen LogP contribution in [0, 0.1) is 29.0 Å². The molecule has 1 aliphatic heterocycles. The van der Waals surface area contributed by atoms with Crippen LogP contribution < -0.4 is 4.90 Å². The maximum Gasteiger partial charge on any atom is 0.222 e. The third kappa shape index (κ3) is 3.12. The van der Waals surface area contributed by atoms with E-state index >= 15 is 0 Å². The number of halogens is 1. The fourth-order valence-corrected chi connectivity index (χ4v) is 5.92. The SMILES string of the molecule is CC1(C)C2CCC(C2)C1CCC(=O)N1CCN(c2ccccc2F)CC1. The number of nitrogens with zero attached hydrogens (tertiary/aromatic N) is 2. The lowest BCUT2D eigenvalue weighted by Gasteiger charge is -2.39. The second kappa shape index (κ2) is 6.86. The van der Waals surface area contributed by atoms with Crippen LogP contribution >= 0.6 is 0 Å². The lowest BCUT2D eigenvalue weighted by Crippen LogP contribution is -2.49. The Labute approximate surface area is 156 Å². The van der Waals surface area contributed by atoms with Crippen LogP contribution in [0.2, 0.25) is 0 Å². The molecule has 3 fully saturated rings. The molecule has 3 atom stereocenters. The minimum Gasteiger partial charge on any atom is -0.366 e. The van der Waals surface area contributed by atoms with Crippen molar-refractivity contribution < 1.29 is 9.18 Å². The van der Waals surface area contributed by atoms with Crippen molar-refractivity contribution in [1.29, 1.82) is 0 Å². The van der Waals surface area contributed by atoms with Crippen LogP contribution in [0.15, 0.2) is 24.3 Å². The molecule has 2 saturated carbocycles. The Morgan fingerprint density at radius 2 is 1.88 bits per heavy atom. The summed E-state index contributed by atoms with van der Waals surface area (Å²) in [5.41, 5.74) is 1.07. The predicted molar refractivity (Wildman–Crippen MR) is 103 cm³/mol. The summed E-state index contributed by atoms with van der Waals surface area (Å²) < 4.78 is 13.9. The maximum atomic E-state index is 13.9. The summed E-state index contributed by atoms with van der Waals surface area (Å²) in [5, 5.41) is 0. The van der Waals surface area contributed by atoms with E-state index in [1.54, 1.807) is 6.07 Å². The van der Waals surface area contributed by atoms with Crippen molar-refractivity contribution in [1.82, 2.24) is 4.90 Å². The predicted octanol–water partition coefficient (Wildman–Crippen LogP) is 4.33. The zero-order valence-electron chi connectivity index (χ0n) is 16.1. The van der Waals surface area contributed by atoms with E-state index in [-0.39, 0.29) is 11.7 Å². The lowest BCUT2D eigenvalue weighted by atomic mass is 9.67. The summed E-state index contributed by atoms with van der Waals surface area (Å²) in [4.78, 5) is 16.8. The molecule has 0 radical (unpaired) electrons. The molecule has 1 aromatic rings. The molecule has 4 heteroatoms. The minimum atomic E-state index is -0.175. The average molecular weight is 359 g/mol. The minimum absolute atomic E-state index is 0.175. The topological polar surface area (TPSA) is 23.6 Å². The van der Waals surface area contributed by atoms with E-state index in [1.165, 1.54) is 25.3 Å². The summed E-state index contributed by atoms with van der Waals surface area (Å²) >= 11 is 0. The van der Waals surface area contributed by atoms with Gasteiger partial charge in [-0.25, -0.2) is 4.39 Å². The molecule has 0 N–H and O–H groups in total. The molecule has 3 unspecified atom stereocenters. The number of carbonyl (C=O) groups excluding carboxylic acids is 1. The van der Waals surface area contributed by atoms with E-state index < -0.39 is 0 Å². The highest BCUT2D eigenvalue weighted by molar-refractivity contribution is 5.76. The summed E-state index contributed by atoms with van der Waals surface area (Å²) in [5.74, 6) is 2.55. The van der Waals surface area contributed by atoms with Crippen LogP contribution in [0.25, 0.3) is 0 Å². The Kier molecular flexibility index (Phi) is 4.70. The van der Waals surface area contributed by atoms with Crippen LogP contribution in [0.3, 0.4) is 0 Å². The quantitative estimate of drug-likeness (QED) is 0.800. The van der Waals surface area contributed by atoms with E-state index in [4.69, 9.17) is 0 Å². The van der Waals surface area contributed by atoms with E-state index in [0.717, 1.165) is 18.3 Å². The summed E-state index contributed by atoms with van der Waals surface area (Å²) in [6.45, 7) is 7.66. The molecule has 3 aliphatic rings. The number of piperazine rings is 1. The van der Waals surface area contributed by atoms with Gasteiger partial charge in [-0.15, -0.1) is 0 Å². The molecule has 4 rings (SSSR count). The molecule has 0 aromatic heterocycles. The zero-order valence-corrected chi connectivity index (χ0v) is 16.1. The van der Waals surface area contributed by atoms with Crippen LogP contribution in [0.5, 0.6) is 0 Å². The first-order chi connectivity index (χ1) is 12.5. The van der Waals surface area contributed by atoms with Gasteiger partial charge in [-0.2, -0.15) is 0 Å². The number of fused-ring (bicyclic) bond motifs is 2. The Bertz CT molecular complexity index is 666. The van der Waals surface area contributed by atoms with Crippen LogP contribution in [-0.4, -0.2) is 37.0 Å². The van der Waals surface area contributed by atoms with E-state index in [9.17, 15) is 9.18 Å². The zero-order chi connectivity index (χ0) is 18.3. The number of rotatable bonds is 4. The van der Waals surface area contributed by atoms with E-state index in [0.29, 0.717) is 49.6 Å². The smallest absolute Gasteiger partial charge is 0.222 e. The van der Waals surface area contributed by atoms with E-state index in [1.807, 2.05) is 17.0 Å². The van der Waals surface area contributed by atoms with Gasteiger partial charge in [0.25, 0.3) is 0 Å². The summed E-state index contributed by atoms with van der Waals surface area (Å²) in [6.07, 6.45) is 5.86. The summed E-state index contributed by atoms with van der Waals surface area (Å²) in [6, 6.07) is 6.91. The Morgan fingerprint density at radius 1 is 1.15 bits per heavy atom. The number of hydrogen-bond donors (Lipinski definition) is 0. The van der Waals surface area contributed by atoms with Crippen molar-refractivity contribution in [2.75, 3.05) is 31.1 Å². The highest BCUT2D eigenvalue weighted by atomic mass is 19.1. The molecular weight excluding hydrogens is 327 g/mol. The first-order valence-electron chi connectivity index (χ1n) is 10.2. The second-order valence-corrected chi connectivity index (χ2v) is 9.06. The van der Waals surface area contributed by atoms with Crippen molar-refractivity contribution in [3.05, 3.63) is 30.1 Å². The molecule has 1 aromatic carbocycles. The van der Waals surface area contributed by atoms with Gasteiger partial charge in [0.2, 0.25) is 5.91 Å². The monoisotopic (exact) mass is 358 g/mol. The molecule has 3 nitrogen and oxygen atoms in total. The van der Waals surface area contributed by atoms with Gasteiger partial charge in [0.15, 0.2) is 0 Å². The third-order valence-electron chi connectivity index (χ3n) is 7.54. The molecule has 142 valence electrons. The van der Waals surface area contributed by atoms with Gasteiger partial charge in [-0.3, -0.25) is 4.79 Å². The highest BCUT2D eigenvalue weighted by Crippen LogP contribution is 2.60. The van der Waals surface area contributed by atoms with Crippen LogP contribution in [0.4, 0.5) is 10.1 Å². The third-order valence-corrected chi connectivity index (χ3v) is 7.54. The number of benzene rings is 1. The Morgan fingerprint density at radius 3 is 2.54 bits per heavy atom. The molecule has 0 spiro atoms. The molecule has 1 amide bonds. The van der Waals surface area contributed by atoms with Gasteiger partial charge >= 0.3 is 0 Å². The molecule has 2 aliphatic carbocycles. The van der Waals surface area contributed by atoms with Gasteiger partial charge in [-0.05, 0) is 61.0 Å². The second-order valence-electron chi connectivity index (χ2n) is 9.06. The largest absolute Gasteiger partial charge is 0.366 e. The number of hydrogen-bond acceptors (Lipinski definition) is 2. The molecule has 2 bridgehead atoms. The van der Waals surface area contributed by atoms with Crippen molar-refractivity contribution in [3.8, 4) is 0 Å². The fraction of sp³-hybridized carbons (Fsp3) is 0.682. The maximum absolute atomic E-state index is 13.9. The Balaban J connectivity index is 1.29. The normalized spacial score (nSPS) is 30.0. The number of anilines is 1. The van der Waals surface area contributed by atoms with Gasteiger partial charge in [0.05, 0.1) is 5.69 Å². The first kappa shape index (κ1) is 17.8. The number of carbonyl (C=O) groups is 1. The van der Waals surface area contributed by atoms with Gasteiger partial charge < -0.3 is 9.80 Å². The highest BCUT2D eigenvalue weighted by Gasteiger charge is 2.52. The van der Waals surface area contributed by atoms with Crippen molar-refractivity contribution >= 4 is 11.6 Å². The molecule has 26 heavy (non-hydrogen) atoms. The first-order valence-corrected chi connectivity index (χ1v) is 10.2.